The topological polar surface area (TPSA) is 33.5 Å². The van der Waals surface area contributed by atoms with E-state index in [-0.39, 0.29) is 55.6 Å². The molecule has 0 spiro atoms. The number of hydrogen-bond donors (Lipinski definition) is 0. The first kappa shape index (κ1) is 49.3. The second kappa shape index (κ2) is 17.6. The van der Waals surface area contributed by atoms with Gasteiger partial charge in [-0.3, -0.25) is 0 Å². The Kier molecular flexibility index (Phi) is 13.3. The van der Waals surface area contributed by atoms with Crippen molar-refractivity contribution in [2.75, 3.05) is 16.5 Å². The monoisotopic (exact) mass is 1040 g/mol. The van der Waals surface area contributed by atoms with E-state index in [1.54, 1.807) is 0 Å². The third-order valence-corrected chi connectivity index (χ3v) is 12.5. The third-order valence-electron chi connectivity index (χ3n) is 12.5. The number of rotatable bonds is 6. The van der Waals surface area contributed by atoms with Crippen molar-refractivity contribution in [2.24, 2.45) is 0 Å². The van der Waals surface area contributed by atoms with Gasteiger partial charge >= 0.3 is 0 Å². The van der Waals surface area contributed by atoms with Crippen LogP contribution in [-0.2, 0) is 48.1 Å². The van der Waals surface area contributed by atoms with Gasteiger partial charge in [-0.2, -0.15) is 6.07 Å². The maximum atomic E-state index is 6.92. The molecule has 0 N–H and O–H groups in total. The number of pyridine rings is 1. The second-order valence-corrected chi connectivity index (χ2v) is 22.7. The summed E-state index contributed by atoms with van der Waals surface area (Å²) in [7, 11) is 0. The number of nitrogens with zero attached hydrogens (tertiary/aromatic N) is 4. The van der Waals surface area contributed by atoms with Gasteiger partial charge in [0.1, 0.15) is 5.82 Å². The Balaban J connectivity index is 0.00000350. The molecule has 0 aliphatic carbocycles. The molecule has 65 heavy (non-hydrogen) atoms. The number of hydrogen-bond acceptors (Lipinski definition) is 4. The molecule has 0 fully saturated rings. The first-order valence-electron chi connectivity index (χ1n) is 22.6. The van der Waals surface area contributed by atoms with Crippen LogP contribution < -0.4 is 14.5 Å². The van der Waals surface area contributed by atoms with Crippen molar-refractivity contribution >= 4 is 38.9 Å². The predicted octanol–water partition coefficient (Wildman–Crippen LogP) is 15.8. The van der Waals surface area contributed by atoms with E-state index >= 15 is 0 Å². The van der Waals surface area contributed by atoms with Crippen LogP contribution in [0.4, 0.5) is 11.4 Å². The fraction of sp³-hybridized carbons (Fsp3) is 0.356. The summed E-state index contributed by atoms with van der Waals surface area (Å²) in [4.78, 5) is 9.70. The summed E-state index contributed by atoms with van der Waals surface area (Å²) in [6.45, 7) is 34.8. The van der Waals surface area contributed by atoms with Crippen molar-refractivity contribution < 1.29 is 25.8 Å². The fourth-order valence-corrected chi connectivity index (χ4v) is 8.33. The van der Waals surface area contributed by atoms with Crippen LogP contribution in [0.3, 0.4) is 0 Å². The van der Waals surface area contributed by atoms with Gasteiger partial charge in [0.2, 0.25) is 0 Å². The van der Waals surface area contributed by atoms with Crippen molar-refractivity contribution in [3.63, 3.8) is 0 Å². The van der Waals surface area contributed by atoms with E-state index in [2.05, 4.69) is 234 Å². The van der Waals surface area contributed by atoms with Crippen molar-refractivity contribution in [3.05, 3.63) is 168 Å². The number of para-hydroxylation sites is 1. The van der Waals surface area contributed by atoms with Gasteiger partial charge in [-0.05, 0) is 97.2 Å². The molecule has 2 aromatic heterocycles. The zero-order chi connectivity index (χ0) is 45.4. The Morgan fingerprint density at radius 1 is 0.538 bits per heavy atom. The molecule has 0 bridgehead atoms. The van der Waals surface area contributed by atoms with Crippen LogP contribution >= 0.6 is 0 Å². The zero-order valence-electron chi connectivity index (χ0n) is 41.7. The SMILES string of the molecule is CC(C)(C)c1cc(Oc2[c-]c3c(cc2)c2ccccc2n3-c2cc(C(C)(C)C)ccn2)[c-]c(N2CN(c3cccc(C(C)(C)C)c3)C=C2c2cc(C(C)(C)C)cc(C(C)(C)C)c2)c1.[CH3-].[Pt]. The summed E-state index contributed by atoms with van der Waals surface area (Å²) < 4.78 is 9.13. The molecule has 6 heteroatoms. The first-order chi connectivity index (χ1) is 29.3. The summed E-state index contributed by atoms with van der Waals surface area (Å²) in [6, 6.07) is 45.1. The average Bonchev–Trinajstić information content (AvgIpc) is 3.79. The molecule has 1 aliphatic rings. The minimum Gasteiger partial charge on any atom is -0.509 e. The summed E-state index contributed by atoms with van der Waals surface area (Å²) >= 11 is 0. The standard InChI is InChI=1S/C58H66N4O.CH3.Pt/c1-54(2,3)39-19-18-20-44(30-39)60-36-52(38-27-41(56(7,8)9)29-42(28-38)57(10,11)12)61(37-60)45-31-43(58(13,14)15)32-47(34-45)63-46-23-24-49-48-21-16-17-22-50(48)62(51(49)35-46)53-33-40(25-26-59-53)55(4,5)6;;/h16-33,36H,37H2,1-15H3;1H3;/q-2;-1;. The number of benzene rings is 5. The second-order valence-electron chi connectivity index (χ2n) is 22.7. The molecule has 344 valence electrons. The maximum Gasteiger partial charge on any atom is 0.135 e. The van der Waals surface area contributed by atoms with Gasteiger partial charge in [0.05, 0.1) is 12.4 Å². The molecule has 1 aliphatic heterocycles. The molecule has 5 aromatic carbocycles. The van der Waals surface area contributed by atoms with Gasteiger partial charge in [0, 0.05) is 61.7 Å². The molecule has 0 atom stereocenters. The van der Waals surface area contributed by atoms with Crippen LogP contribution in [0.5, 0.6) is 11.5 Å². The van der Waals surface area contributed by atoms with Crippen LogP contribution in [0, 0.1) is 19.6 Å². The minimum atomic E-state index is -0.165. The molecular weight excluding hydrogens is 976 g/mol. The van der Waals surface area contributed by atoms with Crippen LogP contribution in [0.15, 0.2) is 116 Å². The normalized spacial score (nSPS) is 13.8. The Labute approximate surface area is 405 Å². The third kappa shape index (κ3) is 10.2. The van der Waals surface area contributed by atoms with E-state index in [1.807, 2.05) is 12.3 Å². The molecule has 0 radical (unpaired) electrons. The van der Waals surface area contributed by atoms with Crippen LogP contribution in [0.25, 0.3) is 33.3 Å². The molecule has 7 aromatic rings. The van der Waals surface area contributed by atoms with Gasteiger partial charge in [-0.15, -0.1) is 41.3 Å². The maximum absolute atomic E-state index is 6.92. The van der Waals surface area contributed by atoms with E-state index in [9.17, 15) is 0 Å². The summed E-state index contributed by atoms with van der Waals surface area (Å²) in [5.41, 5.74) is 12.5. The summed E-state index contributed by atoms with van der Waals surface area (Å²) in [6.07, 6.45) is 4.25. The Bertz CT molecular complexity index is 2850. The molecule has 8 rings (SSSR count). The van der Waals surface area contributed by atoms with Gasteiger partial charge in [0.15, 0.2) is 0 Å². The van der Waals surface area contributed by atoms with E-state index in [0.29, 0.717) is 18.2 Å². The van der Waals surface area contributed by atoms with Gasteiger partial charge < -0.3 is 26.5 Å². The molecule has 0 unspecified atom stereocenters. The first-order valence-corrected chi connectivity index (χ1v) is 22.6. The van der Waals surface area contributed by atoms with E-state index < -0.39 is 0 Å². The van der Waals surface area contributed by atoms with Crippen LogP contribution in [0.2, 0.25) is 0 Å². The molecule has 3 heterocycles. The number of anilines is 2. The summed E-state index contributed by atoms with van der Waals surface area (Å²) in [5.74, 6) is 2.13. The van der Waals surface area contributed by atoms with Crippen LogP contribution in [0.1, 0.15) is 137 Å². The van der Waals surface area contributed by atoms with Gasteiger partial charge in [-0.25, -0.2) is 4.98 Å². The molecular formula is C59H69N4OPt-3. The van der Waals surface area contributed by atoms with Gasteiger partial charge in [-0.1, -0.05) is 151 Å². The van der Waals surface area contributed by atoms with Gasteiger partial charge in [0.25, 0.3) is 0 Å². The van der Waals surface area contributed by atoms with E-state index in [1.165, 1.54) is 27.8 Å². The number of ether oxygens (including phenoxy) is 1. The quantitative estimate of drug-likeness (QED) is 0.155. The van der Waals surface area contributed by atoms with Crippen molar-refractivity contribution in [1.82, 2.24) is 9.55 Å². The predicted molar refractivity (Wildman–Crippen MR) is 273 cm³/mol. The largest absolute Gasteiger partial charge is 0.509 e. The fourth-order valence-electron chi connectivity index (χ4n) is 8.33. The van der Waals surface area contributed by atoms with Crippen LogP contribution in [-0.4, -0.2) is 16.2 Å². The van der Waals surface area contributed by atoms with Crippen molar-refractivity contribution in [3.8, 4) is 17.3 Å². The minimum absolute atomic E-state index is 0. The Morgan fingerprint density at radius 2 is 1.14 bits per heavy atom. The molecule has 0 saturated carbocycles. The number of fused-ring (bicyclic) bond motifs is 3. The van der Waals surface area contributed by atoms with E-state index in [0.717, 1.165) is 50.3 Å². The smallest absolute Gasteiger partial charge is 0.135 e. The summed E-state index contributed by atoms with van der Waals surface area (Å²) in [5, 5.41) is 2.25. The zero-order valence-corrected chi connectivity index (χ0v) is 44.0. The Hall–Kier alpha value is -5.12. The van der Waals surface area contributed by atoms with Crippen molar-refractivity contribution in [1.29, 1.82) is 0 Å². The molecule has 5 nitrogen and oxygen atoms in total. The number of aromatic nitrogens is 2. The average molecular weight is 1050 g/mol. The molecule has 0 saturated heterocycles. The Morgan fingerprint density at radius 3 is 1.77 bits per heavy atom. The van der Waals surface area contributed by atoms with Crippen molar-refractivity contribution in [2.45, 2.75) is 131 Å². The molecule has 0 amide bonds. The van der Waals surface area contributed by atoms with E-state index in [4.69, 9.17) is 9.72 Å².